The van der Waals surface area contributed by atoms with E-state index in [0.717, 1.165) is 12.8 Å². The molecule has 0 aromatic carbocycles. The molecule has 3 heteroatoms. The summed E-state index contributed by atoms with van der Waals surface area (Å²) in [5, 5.41) is 0. The highest BCUT2D eigenvalue weighted by atomic mass is 28.3. The van der Waals surface area contributed by atoms with Crippen LogP contribution < -0.4 is 0 Å². The van der Waals surface area contributed by atoms with Gasteiger partial charge in [0, 0.05) is 12.2 Å². The molecule has 2 unspecified atom stereocenters. The standard InChI is InChI=1S/C8H20O2Si.C4H10/c1-5-7(3)9-11-10-8(4)6-2;1-3-4-2/h7-8H,5-6,11H2,1-4H3;3-4H2,1-2H3. The van der Waals surface area contributed by atoms with Crippen molar-refractivity contribution in [3.05, 3.63) is 0 Å². The van der Waals surface area contributed by atoms with E-state index in [1.54, 1.807) is 0 Å². The van der Waals surface area contributed by atoms with Gasteiger partial charge in [-0.25, -0.2) is 0 Å². The van der Waals surface area contributed by atoms with E-state index in [9.17, 15) is 0 Å². The summed E-state index contributed by atoms with van der Waals surface area (Å²) in [6.07, 6.45) is 5.56. The van der Waals surface area contributed by atoms with E-state index in [-0.39, 0.29) is 0 Å². The highest BCUT2D eigenvalue weighted by Crippen LogP contribution is 1.98. The largest absolute Gasteiger partial charge is 0.396 e. The molecule has 0 spiro atoms. The minimum Gasteiger partial charge on any atom is -0.396 e. The molecule has 0 saturated carbocycles. The zero-order chi connectivity index (χ0) is 12.1. The van der Waals surface area contributed by atoms with Crippen molar-refractivity contribution in [2.45, 2.75) is 79.4 Å². The van der Waals surface area contributed by atoms with Crippen molar-refractivity contribution >= 4 is 10.0 Å². The minimum atomic E-state index is -0.706. The first-order valence-electron chi connectivity index (χ1n) is 6.35. The Hall–Kier alpha value is 0.137. The third-order valence-corrected chi connectivity index (χ3v) is 3.77. The Morgan fingerprint density at radius 1 is 0.800 bits per heavy atom. The lowest BCUT2D eigenvalue weighted by molar-refractivity contribution is 0.131. The molecule has 0 aliphatic rings. The first-order chi connectivity index (χ1) is 7.12. The van der Waals surface area contributed by atoms with Gasteiger partial charge in [-0.15, -0.1) is 0 Å². The van der Waals surface area contributed by atoms with E-state index in [2.05, 4.69) is 41.5 Å². The summed E-state index contributed by atoms with van der Waals surface area (Å²) in [6, 6.07) is 0. The van der Waals surface area contributed by atoms with Crippen molar-refractivity contribution < 1.29 is 8.85 Å². The van der Waals surface area contributed by atoms with Gasteiger partial charge in [0.25, 0.3) is 0 Å². The van der Waals surface area contributed by atoms with Crippen molar-refractivity contribution in [1.82, 2.24) is 0 Å². The second-order valence-electron chi connectivity index (χ2n) is 3.89. The number of hydrogen-bond acceptors (Lipinski definition) is 2. The molecular formula is C12H30O2Si. The molecule has 0 saturated heterocycles. The van der Waals surface area contributed by atoms with Gasteiger partial charge in [0.05, 0.1) is 0 Å². The second-order valence-corrected chi connectivity index (χ2v) is 4.79. The van der Waals surface area contributed by atoms with E-state index in [0.29, 0.717) is 12.2 Å². The molecule has 0 heterocycles. The van der Waals surface area contributed by atoms with Crippen LogP contribution in [0.15, 0.2) is 0 Å². The molecule has 0 amide bonds. The topological polar surface area (TPSA) is 18.5 Å². The normalized spacial score (nSPS) is 14.8. The van der Waals surface area contributed by atoms with Crippen LogP contribution in [0.2, 0.25) is 0 Å². The first kappa shape index (κ1) is 17.5. The van der Waals surface area contributed by atoms with Crippen molar-refractivity contribution in [3.63, 3.8) is 0 Å². The Morgan fingerprint density at radius 3 is 1.33 bits per heavy atom. The molecule has 0 aliphatic carbocycles. The first-order valence-corrected chi connectivity index (χ1v) is 7.50. The molecule has 2 atom stereocenters. The smallest absolute Gasteiger partial charge is 0.304 e. The van der Waals surface area contributed by atoms with Gasteiger partial charge < -0.3 is 8.85 Å². The summed E-state index contributed by atoms with van der Waals surface area (Å²) in [5.41, 5.74) is 0. The summed E-state index contributed by atoms with van der Waals surface area (Å²) in [7, 11) is -0.706. The number of rotatable bonds is 7. The van der Waals surface area contributed by atoms with Gasteiger partial charge in [-0.05, 0) is 26.7 Å². The molecule has 0 fully saturated rings. The van der Waals surface area contributed by atoms with Gasteiger partial charge >= 0.3 is 10.0 Å². The number of unbranched alkanes of at least 4 members (excludes halogenated alkanes) is 1. The molecule has 0 rings (SSSR count). The fourth-order valence-corrected chi connectivity index (χ4v) is 1.52. The van der Waals surface area contributed by atoms with Crippen LogP contribution in [0.3, 0.4) is 0 Å². The van der Waals surface area contributed by atoms with Crippen LogP contribution in [0.4, 0.5) is 0 Å². The average Bonchev–Trinajstić information content (AvgIpc) is 2.28. The summed E-state index contributed by atoms with van der Waals surface area (Å²) >= 11 is 0. The van der Waals surface area contributed by atoms with E-state index < -0.39 is 10.0 Å². The van der Waals surface area contributed by atoms with E-state index in [1.807, 2.05) is 0 Å². The molecule has 94 valence electrons. The van der Waals surface area contributed by atoms with Crippen LogP contribution in [0.1, 0.15) is 67.2 Å². The number of hydrogen-bond donors (Lipinski definition) is 0. The van der Waals surface area contributed by atoms with Crippen molar-refractivity contribution in [2.75, 3.05) is 0 Å². The molecular weight excluding hydrogens is 204 g/mol. The van der Waals surface area contributed by atoms with E-state index in [1.165, 1.54) is 12.8 Å². The Kier molecular flexibility index (Phi) is 16.5. The maximum Gasteiger partial charge on any atom is 0.304 e. The Labute approximate surface area is 98.8 Å². The predicted octanol–water partition coefficient (Wildman–Crippen LogP) is 3.42. The fourth-order valence-electron chi connectivity index (χ4n) is 0.507. The summed E-state index contributed by atoms with van der Waals surface area (Å²) in [4.78, 5) is 0. The Balaban J connectivity index is 0. The highest BCUT2D eigenvalue weighted by molar-refractivity contribution is 6.18. The van der Waals surface area contributed by atoms with Gasteiger partial charge in [-0.1, -0.05) is 40.5 Å². The lowest BCUT2D eigenvalue weighted by Crippen LogP contribution is -2.17. The molecule has 0 aliphatic heterocycles. The van der Waals surface area contributed by atoms with Crippen molar-refractivity contribution in [3.8, 4) is 0 Å². The maximum absolute atomic E-state index is 5.48. The van der Waals surface area contributed by atoms with Crippen LogP contribution in [0.5, 0.6) is 0 Å². The SMILES string of the molecule is CCC(C)O[SiH2]OC(C)CC.CCCC. The third kappa shape index (κ3) is 16.8. The summed E-state index contributed by atoms with van der Waals surface area (Å²) < 4.78 is 11.0. The second kappa shape index (κ2) is 14.1. The molecule has 15 heavy (non-hydrogen) atoms. The zero-order valence-electron chi connectivity index (χ0n) is 11.5. The lowest BCUT2D eigenvalue weighted by atomic mass is 10.3. The van der Waals surface area contributed by atoms with Gasteiger partial charge in [-0.2, -0.15) is 0 Å². The van der Waals surface area contributed by atoms with Crippen LogP contribution in [-0.4, -0.2) is 22.2 Å². The molecule has 0 bridgehead atoms. The summed E-state index contributed by atoms with van der Waals surface area (Å²) in [6.45, 7) is 12.8. The average molecular weight is 234 g/mol. The Morgan fingerprint density at radius 2 is 1.13 bits per heavy atom. The van der Waals surface area contributed by atoms with E-state index >= 15 is 0 Å². The van der Waals surface area contributed by atoms with Gasteiger partial charge in [0.15, 0.2) is 0 Å². The molecule has 2 nitrogen and oxygen atoms in total. The molecule has 0 aromatic rings. The van der Waals surface area contributed by atoms with Crippen molar-refractivity contribution in [1.29, 1.82) is 0 Å². The van der Waals surface area contributed by atoms with Gasteiger partial charge in [0.2, 0.25) is 0 Å². The fraction of sp³-hybridized carbons (Fsp3) is 1.00. The lowest BCUT2D eigenvalue weighted by Gasteiger charge is -2.13. The zero-order valence-corrected chi connectivity index (χ0v) is 12.9. The minimum absolute atomic E-state index is 0.380. The molecule has 0 radical (unpaired) electrons. The summed E-state index contributed by atoms with van der Waals surface area (Å²) in [5.74, 6) is 0. The third-order valence-electron chi connectivity index (χ3n) is 2.35. The van der Waals surface area contributed by atoms with Crippen LogP contribution in [-0.2, 0) is 8.85 Å². The molecule has 0 N–H and O–H groups in total. The van der Waals surface area contributed by atoms with Crippen LogP contribution >= 0.6 is 0 Å². The quantitative estimate of drug-likeness (QED) is 0.628. The predicted molar refractivity (Wildman–Crippen MR) is 70.8 cm³/mol. The van der Waals surface area contributed by atoms with Gasteiger partial charge in [-0.3, -0.25) is 0 Å². The van der Waals surface area contributed by atoms with Crippen LogP contribution in [0, 0.1) is 0 Å². The molecule has 0 aromatic heterocycles. The van der Waals surface area contributed by atoms with Gasteiger partial charge in [0.1, 0.15) is 0 Å². The maximum atomic E-state index is 5.48. The van der Waals surface area contributed by atoms with Crippen molar-refractivity contribution in [2.24, 2.45) is 0 Å². The Bertz CT molecular complexity index is 97.8. The highest BCUT2D eigenvalue weighted by Gasteiger charge is 2.01. The van der Waals surface area contributed by atoms with Crippen LogP contribution in [0.25, 0.3) is 0 Å². The van der Waals surface area contributed by atoms with E-state index in [4.69, 9.17) is 8.85 Å². The monoisotopic (exact) mass is 234 g/mol.